The van der Waals surface area contributed by atoms with Crippen LogP contribution in [0.2, 0.25) is 0 Å². The average molecular weight is 501 g/mol. The van der Waals surface area contributed by atoms with Gasteiger partial charge in [-0.1, -0.05) is 25.1 Å². The number of allylic oxidation sites excluding steroid dienone is 3. The van der Waals surface area contributed by atoms with Crippen LogP contribution in [0.25, 0.3) is 11.2 Å². The quantitative estimate of drug-likeness (QED) is 0.366. The number of aromatic nitrogens is 3. The maximum atomic E-state index is 13.6. The van der Waals surface area contributed by atoms with Crippen molar-refractivity contribution in [1.29, 1.82) is 0 Å². The molecule has 1 aromatic carbocycles. The van der Waals surface area contributed by atoms with Crippen LogP contribution in [-0.4, -0.2) is 38.8 Å². The number of benzene rings is 1. The molecule has 4 rings (SSSR count). The zero-order valence-electron chi connectivity index (χ0n) is 17.3. The molecule has 1 unspecified atom stereocenters. The van der Waals surface area contributed by atoms with Crippen LogP contribution in [0, 0.1) is 11.7 Å². The fraction of sp³-hybridized carbons (Fsp3) is 0.227. The summed E-state index contributed by atoms with van der Waals surface area (Å²) in [6, 6.07) is 7.26. The molecule has 1 aliphatic carbocycles. The van der Waals surface area contributed by atoms with Gasteiger partial charge in [0.15, 0.2) is 5.65 Å². The van der Waals surface area contributed by atoms with E-state index in [-0.39, 0.29) is 23.9 Å². The molecule has 0 fully saturated rings. The van der Waals surface area contributed by atoms with Gasteiger partial charge in [0.05, 0.1) is 22.1 Å². The number of para-hydroxylation sites is 1. The minimum atomic E-state index is -0.504. The highest BCUT2D eigenvalue weighted by molar-refractivity contribution is 9.10. The molecule has 2 amide bonds. The summed E-state index contributed by atoms with van der Waals surface area (Å²) >= 11 is 3.46. The zero-order chi connectivity index (χ0) is 22.7. The number of carbonyl (C=O) groups excluding carboxylic acids is 1. The smallest absolute Gasteiger partial charge is 0.319 e. The number of fused-ring (bicyclic) bond motifs is 1. The highest BCUT2D eigenvalue weighted by Crippen LogP contribution is 2.30. The highest BCUT2D eigenvalue weighted by Gasteiger charge is 2.18. The summed E-state index contributed by atoms with van der Waals surface area (Å²) in [5.41, 5.74) is 2.00. The van der Waals surface area contributed by atoms with E-state index in [9.17, 15) is 14.3 Å². The second-order valence-corrected chi connectivity index (χ2v) is 8.28. The van der Waals surface area contributed by atoms with Crippen LogP contribution in [0.4, 0.5) is 20.7 Å². The van der Waals surface area contributed by atoms with Crippen molar-refractivity contribution in [3.05, 3.63) is 70.4 Å². The van der Waals surface area contributed by atoms with Gasteiger partial charge in [-0.2, -0.15) is 9.61 Å². The molecule has 2 aromatic heterocycles. The number of aliphatic hydroxyl groups is 1. The van der Waals surface area contributed by atoms with Crippen molar-refractivity contribution < 1.29 is 14.3 Å². The number of rotatable bonds is 6. The van der Waals surface area contributed by atoms with Gasteiger partial charge < -0.3 is 21.1 Å². The van der Waals surface area contributed by atoms with Gasteiger partial charge in [-0.05, 0) is 46.5 Å². The predicted octanol–water partition coefficient (Wildman–Crippen LogP) is 4.73. The highest BCUT2D eigenvalue weighted by atomic mass is 79.9. The Hall–Kier alpha value is -3.40. The van der Waals surface area contributed by atoms with Crippen LogP contribution in [0.1, 0.15) is 19.0 Å². The van der Waals surface area contributed by atoms with Crippen molar-refractivity contribution in [3.8, 4) is 0 Å². The standard InChI is InChI=1S/C22H22BrFN6O2/c1-13-6-7-14(19(31)10-13)18-11-20(30-21(28-18)15(23)12-27-30)25-8-9-26-22(32)29-17-5-3-2-4-16(17)24/h2-5,7,10-13,25,31H,6,8-9H2,1H3,(H2,26,29,32). The number of aliphatic hydroxyl groups excluding tert-OH is 1. The molecule has 1 aliphatic rings. The first kappa shape index (κ1) is 21.8. The summed E-state index contributed by atoms with van der Waals surface area (Å²) in [6.45, 7) is 2.71. The Balaban J connectivity index is 1.44. The number of urea groups is 1. The molecule has 166 valence electrons. The Kier molecular flexibility index (Phi) is 6.40. The lowest BCUT2D eigenvalue weighted by atomic mass is 9.95. The van der Waals surface area contributed by atoms with Crippen LogP contribution < -0.4 is 16.0 Å². The van der Waals surface area contributed by atoms with E-state index in [1.165, 1.54) is 12.1 Å². The lowest BCUT2D eigenvalue weighted by Crippen LogP contribution is -2.33. The van der Waals surface area contributed by atoms with Crippen molar-refractivity contribution in [3.63, 3.8) is 0 Å². The zero-order valence-corrected chi connectivity index (χ0v) is 18.9. The van der Waals surface area contributed by atoms with Gasteiger partial charge in [0.25, 0.3) is 0 Å². The second kappa shape index (κ2) is 9.39. The predicted molar refractivity (Wildman–Crippen MR) is 125 cm³/mol. The first-order valence-corrected chi connectivity index (χ1v) is 10.9. The van der Waals surface area contributed by atoms with Crippen molar-refractivity contribution in [2.45, 2.75) is 13.3 Å². The third-order valence-electron chi connectivity index (χ3n) is 4.96. The molecule has 0 bridgehead atoms. The summed E-state index contributed by atoms with van der Waals surface area (Å²) < 4.78 is 16.0. The largest absolute Gasteiger partial charge is 0.508 e. The van der Waals surface area contributed by atoms with E-state index in [2.05, 4.69) is 42.0 Å². The number of carbonyl (C=O) groups is 1. The van der Waals surface area contributed by atoms with Gasteiger partial charge >= 0.3 is 6.03 Å². The van der Waals surface area contributed by atoms with Crippen molar-refractivity contribution in [2.75, 3.05) is 23.7 Å². The van der Waals surface area contributed by atoms with E-state index >= 15 is 0 Å². The molecule has 1 atom stereocenters. The maximum Gasteiger partial charge on any atom is 0.319 e. The Morgan fingerprint density at radius 1 is 1.34 bits per heavy atom. The number of hydrogen-bond donors (Lipinski definition) is 4. The van der Waals surface area contributed by atoms with E-state index in [1.807, 2.05) is 19.1 Å². The maximum absolute atomic E-state index is 13.6. The van der Waals surface area contributed by atoms with Crippen molar-refractivity contribution >= 4 is 44.7 Å². The summed E-state index contributed by atoms with van der Waals surface area (Å²) in [6.07, 6.45) is 6.25. The normalized spacial score (nSPS) is 15.8. The van der Waals surface area contributed by atoms with Crippen LogP contribution in [0.15, 0.2) is 58.9 Å². The summed E-state index contributed by atoms with van der Waals surface area (Å²) in [7, 11) is 0. The number of halogens is 2. The first-order chi connectivity index (χ1) is 15.4. The first-order valence-electron chi connectivity index (χ1n) is 10.1. The van der Waals surface area contributed by atoms with Crippen LogP contribution in [-0.2, 0) is 0 Å². The fourth-order valence-corrected chi connectivity index (χ4v) is 3.72. The summed E-state index contributed by atoms with van der Waals surface area (Å²) in [4.78, 5) is 16.7. The van der Waals surface area contributed by atoms with E-state index in [1.54, 1.807) is 28.9 Å². The number of nitrogens with one attached hydrogen (secondary N) is 3. The topological polar surface area (TPSA) is 104 Å². The molecule has 0 radical (unpaired) electrons. The lowest BCUT2D eigenvalue weighted by Gasteiger charge is -2.17. The molecule has 0 saturated carbocycles. The molecule has 3 aromatic rings. The second-order valence-electron chi connectivity index (χ2n) is 7.42. The molecular formula is C22H22BrFN6O2. The summed E-state index contributed by atoms with van der Waals surface area (Å²) in [5.74, 6) is 0.622. The molecule has 8 nitrogen and oxygen atoms in total. The Labute approximate surface area is 192 Å². The number of nitrogens with zero attached hydrogens (tertiary/aromatic N) is 3. The van der Waals surface area contributed by atoms with E-state index in [0.717, 1.165) is 10.9 Å². The molecule has 0 saturated heterocycles. The van der Waals surface area contributed by atoms with Crippen molar-refractivity contribution in [1.82, 2.24) is 19.9 Å². The average Bonchev–Trinajstić information content (AvgIpc) is 3.14. The third-order valence-corrected chi connectivity index (χ3v) is 5.51. The Morgan fingerprint density at radius 2 is 2.16 bits per heavy atom. The van der Waals surface area contributed by atoms with Gasteiger partial charge in [-0.25, -0.2) is 14.2 Å². The minimum absolute atomic E-state index is 0.114. The van der Waals surface area contributed by atoms with Crippen LogP contribution in [0.5, 0.6) is 0 Å². The summed E-state index contributed by atoms with van der Waals surface area (Å²) in [5, 5.41) is 23.1. The molecular weight excluding hydrogens is 479 g/mol. The van der Waals surface area contributed by atoms with Crippen LogP contribution in [0.3, 0.4) is 0 Å². The molecule has 2 heterocycles. The van der Waals surface area contributed by atoms with E-state index < -0.39 is 11.8 Å². The molecule has 4 N–H and O–H groups in total. The number of amides is 2. The fourth-order valence-electron chi connectivity index (χ4n) is 3.37. The van der Waals surface area contributed by atoms with Gasteiger partial charge in [0.2, 0.25) is 0 Å². The SMILES string of the molecule is CC1C=C(O)C(c2cc(NCCNC(=O)Nc3ccccc3F)n3ncc(Br)c3n2)=CC1. The van der Waals surface area contributed by atoms with E-state index in [4.69, 9.17) is 0 Å². The molecule has 32 heavy (non-hydrogen) atoms. The van der Waals surface area contributed by atoms with Gasteiger partial charge in [0, 0.05) is 24.7 Å². The lowest BCUT2D eigenvalue weighted by molar-refractivity contribution is 0.252. The Morgan fingerprint density at radius 3 is 2.94 bits per heavy atom. The minimum Gasteiger partial charge on any atom is -0.508 e. The number of anilines is 2. The molecule has 10 heteroatoms. The third kappa shape index (κ3) is 4.75. The Bertz CT molecular complexity index is 1220. The monoisotopic (exact) mass is 500 g/mol. The molecule has 0 spiro atoms. The number of hydrogen-bond acceptors (Lipinski definition) is 5. The molecule has 0 aliphatic heterocycles. The van der Waals surface area contributed by atoms with Gasteiger partial charge in [-0.15, -0.1) is 0 Å². The van der Waals surface area contributed by atoms with Gasteiger partial charge in [-0.3, -0.25) is 0 Å². The van der Waals surface area contributed by atoms with E-state index in [0.29, 0.717) is 29.3 Å². The van der Waals surface area contributed by atoms with Gasteiger partial charge in [0.1, 0.15) is 17.4 Å². The van der Waals surface area contributed by atoms with Crippen molar-refractivity contribution in [2.24, 2.45) is 5.92 Å². The van der Waals surface area contributed by atoms with Crippen LogP contribution >= 0.6 is 15.9 Å².